The van der Waals surface area contributed by atoms with Gasteiger partial charge in [0.05, 0.1) is 12.2 Å². The summed E-state index contributed by atoms with van der Waals surface area (Å²) < 4.78 is 1.34. The first-order chi connectivity index (χ1) is 12.8. The van der Waals surface area contributed by atoms with Crippen LogP contribution in [0.5, 0.6) is 0 Å². The Balaban J connectivity index is 1.44. The Bertz CT molecular complexity index is 1040. The Morgan fingerprint density at radius 3 is 2.73 bits per heavy atom. The van der Waals surface area contributed by atoms with E-state index >= 15 is 0 Å². The first-order valence-corrected chi connectivity index (χ1v) is 9.15. The zero-order valence-corrected chi connectivity index (χ0v) is 14.8. The molecule has 0 spiro atoms. The van der Waals surface area contributed by atoms with Gasteiger partial charge in [-0.2, -0.15) is 9.50 Å². The van der Waals surface area contributed by atoms with Crippen molar-refractivity contribution in [3.05, 3.63) is 80.4 Å². The van der Waals surface area contributed by atoms with Crippen LogP contribution in [0.4, 0.5) is 5.95 Å². The fraction of sp³-hybridized carbons (Fsp3) is 0.167. The van der Waals surface area contributed by atoms with Gasteiger partial charge in [0.1, 0.15) is 0 Å². The highest BCUT2D eigenvalue weighted by Crippen LogP contribution is 2.10. The lowest BCUT2D eigenvalue weighted by Gasteiger charge is -2.04. The van der Waals surface area contributed by atoms with Crippen LogP contribution < -0.4 is 16.2 Å². The Hall–Kier alpha value is -2.97. The fourth-order valence-electron chi connectivity index (χ4n) is 2.61. The monoisotopic (exact) mass is 366 g/mol. The summed E-state index contributed by atoms with van der Waals surface area (Å²) in [5, 5.41) is 11.4. The van der Waals surface area contributed by atoms with E-state index < -0.39 is 0 Å². The minimum Gasteiger partial charge on any atom is -0.350 e. The van der Waals surface area contributed by atoms with E-state index in [9.17, 15) is 4.79 Å². The van der Waals surface area contributed by atoms with Crippen molar-refractivity contribution in [2.24, 2.45) is 0 Å². The van der Waals surface area contributed by atoms with E-state index in [2.05, 4.69) is 37.8 Å². The summed E-state index contributed by atoms with van der Waals surface area (Å²) in [6, 6.07) is 15.7. The van der Waals surface area contributed by atoms with Crippen molar-refractivity contribution in [2.75, 3.05) is 5.32 Å². The molecular formula is C18H18N6OS. The maximum Gasteiger partial charge on any atom is 0.274 e. The number of anilines is 1. The van der Waals surface area contributed by atoms with Gasteiger partial charge in [-0.25, -0.2) is 4.98 Å². The molecule has 0 fully saturated rings. The van der Waals surface area contributed by atoms with Crippen LogP contribution in [0, 0.1) is 0 Å². The van der Waals surface area contributed by atoms with Crippen LogP contribution in [0.3, 0.4) is 0 Å². The molecule has 4 rings (SSSR count). The molecule has 0 atom stereocenters. The molecular weight excluding hydrogens is 348 g/mol. The van der Waals surface area contributed by atoms with E-state index in [1.807, 2.05) is 35.7 Å². The van der Waals surface area contributed by atoms with E-state index in [4.69, 9.17) is 0 Å². The summed E-state index contributed by atoms with van der Waals surface area (Å²) in [4.78, 5) is 22.3. The summed E-state index contributed by atoms with van der Waals surface area (Å²) in [5.74, 6) is 0.889. The molecule has 0 saturated heterocycles. The molecule has 0 aliphatic heterocycles. The lowest BCUT2D eigenvalue weighted by atomic mass is 10.2. The molecule has 3 heterocycles. The normalized spacial score (nSPS) is 11.1. The van der Waals surface area contributed by atoms with Gasteiger partial charge in [0.2, 0.25) is 5.95 Å². The Kier molecular flexibility index (Phi) is 4.76. The van der Waals surface area contributed by atoms with Gasteiger partial charge in [0.25, 0.3) is 11.3 Å². The van der Waals surface area contributed by atoms with Gasteiger partial charge in [-0.15, -0.1) is 11.3 Å². The summed E-state index contributed by atoms with van der Waals surface area (Å²) in [7, 11) is 0. The van der Waals surface area contributed by atoms with Crippen LogP contribution in [0.25, 0.3) is 5.78 Å². The van der Waals surface area contributed by atoms with E-state index in [0.717, 1.165) is 6.54 Å². The minimum atomic E-state index is -0.178. The number of nitrogens with one attached hydrogen (secondary N) is 3. The first-order valence-electron chi connectivity index (χ1n) is 8.27. The van der Waals surface area contributed by atoms with Gasteiger partial charge < -0.3 is 10.6 Å². The molecule has 3 N–H and O–H groups in total. The quantitative estimate of drug-likeness (QED) is 0.467. The average molecular weight is 366 g/mol. The number of aromatic nitrogens is 4. The predicted molar refractivity (Wildman–Crippen MR) is 102 cm³/mol. The molecule has 0 unspecified atom stereocenters. The zero-order chi connectivity index (χ0) is 17.8. The van der Waals surface area contributed by atoms with Gasteiger partial charge in [-0.1, -0.05) is 36.4 Å². The third-order valence-corrected chi connectivity index (χ3v) is 4.75. The van der Waals surface area contributed by atoms with Crippen molar-refractivity contribution >= 4 is 23.1 Å². The van der Waals surface area contributed by atoms with Gasteiger partial charge >= 0.3 is 0 Å². The van der Waals surface area contributed by atoms with Crippen LogP contribution >= 0.6 is 11.3 Å². The molecule has 0 bridgehead atoms. The molecule has 1 aromatic carbocycles. The number of H-pyrrole nitrogens is 1. The van der Waals surface area contributed by atoms with Gasteiger partial charge in [0, 0.05) is 24.0 Å². The first kappa shape index (κ1) is 16.5. The van der Waals surface area contributed by atoms with Gasteiger partial charge in [-0.05, 0) is 17.0 Å². The van der Waals surface area contributed by atoms with Crippen molar-refractivity contribution in [3.8, 4) is 0 Å². The van der Waals surface area contributed by atoms with Crippen LogP contribution in [-0.4, -0.2) is 19.6 Å². The summed E-state index contributed by atoms with van der Waals surface area (Å²) in [6.45, 7) is 1.87. The van der Waals surface area contributed by atoms with Crippen LogP contribution in [0.1, 0.15) is 16.1 Å². The number of fused-ring (bicyclic) bond motifs is 1. The molecule has 0 amide bonds. The van der Waals surface area contributed by atoms with Gasteiger partial charge in [0.15, 0.2) is 0 Å². The smallest absolute Gasteiger partial charge is 0.274 e. The molecule has 0 radical (unpaired) electrons. The van der Waals surface area contributed by atoms with Crippen LogP contribution in [-0.2, 0) is 19.6 Å². The highest BCUT2D eigenvalue weighted by Gasteiger charge is 2.08. The molecule has 4 aromatic rings. The lowest BCUT2D eigenvalue weighted by molar-refractivity contribution is 0.676. The zero-order valence-electron chi connectivity index (χ0n) is 14.0. The number of rotatable bonds is 7. The predicted octanol–water partition coefficient (Wildman–Crippen LogP) is 2.38. The molecule has 0 saturated carbocycles. The van der Waals surface area contributed by atoms with E-state index in [1.54, 1.807) is 11.3 Å². The lowest BCUT2D eigenvalue weighted by Crippen LogP contribution is -2.20. The number of aromatic amines is 1. The number of benzene rings is 1. The van der Waals surface area contributed by atoms with Crippen molar-refractivity contribution in [1.29, 1.82) is 0 Å². The number of hydrogen-bond acceptors (Lipinski definition) is 6. The fourth-order valence-corrected chi connectivity index (χ4v) is 3.26. The van der Waals surface area contributed by atoms with E-state index in [1.165, 1.54) is 21.0 Å². The Morgan fingerprint density at radius 2 is 1.92 bits per heavy atom. The number of hydrogen-bond donors (Lipinski definition) is 3. The highest BCUT2D eigenvalue weighted by atomic mass is 32.1. The van der Waals surface area contributed by atoms with Crippen molar-refractivity contribution in [2.45, 2.75) is 19.6 Å². The SMILES string of the molecule is O=c1cc(CNCc2ccccc2)nc2nc(NCc3cccs3)[nH]n12. The van der Waals surface area contributed by atoms with E-state index in [0.29, 0.717) is 30.5 Å². The molecule has 0 aliphatic carbocycles. The third-order valence-electron chi connectivity index (χ3n) is 3.87. The second-order valence-electron chi connectivity index (χ2n) is 5.82. The highest BCUT2D eigenvalue weighted by molar-refractivity contribution is 7.09. The van der Waals surface area contributed by atoms with Gasteiger partial charge in [-0.3, -0.25) is 9.89 Å². The molecule has 26 heavy (non-hydrogen) atoms. The number of thiophene rings is 1. The Labute approximate surface area is 153 Å². The topological polar surface area (TPSA) is 87.1 Å². The third kappa shape index (κ3) is 3.81. The largest absolute Gasteiger partial charge is 0.350 e. The van der Waals surface area contributed by atoms with Crippen LogP contribution in [0.15, 0.2) is 58.7 Å². The molecule has 7 nitrogen and oxygen atoms in total. The molecule has 3 aromatic heterocycles. The minimum absolute atomic E-state index is 0.178. The second kappa shape index (κ2) is 7.51. The summed E-state index contributed by atoms with van der Waals surface area (Å²) >= 11 is 1.67. The van der Waals surface area contributed by atoms with Crippen molar-refractivity contribution < 1.29 is 0 Å². The van der Waals surface area contributed by atoms with Crippen molar-refractivity contribution in [3.63, 3.8) is 0 Å². The molecule has 0 aliphatic rings. The molecule has 132 valence electrons. The average Bonchev–Trinajstić information content (AvgIpc) is 3.30. The number of nitrogens with zero attached hydrogens (tertiary/aromatic N) is 3. The van der Waals surface area contributed by atoms with E-state index in [-0.39, 0.29) is 5.56 Å². The maximum atomic E-state index is 12.3. The second-order valence-corrected chi connectivity index (χ2v) is 6.85. The summed E-state index contributed by atoms with van der Waals surface area (Å²) in [6.07, 6.45) is 0. The van der Waals surface area contributed by atoms with Crippen molar-refractivity contribution in [1.82, 2.24) is 24.9 Å². The maximum absolute atomic E-state index is 12.3. The standard InChI is InChI=1S/C18H18N6OS/c25-16-9-14(11-19-10-13-5-2-1-3-6-13)21-18-22-17(23-24(16)18)20-12-15-7-4-8-26-15/h1-9,19H,10-12H2,(H2,20,21,22,23). The van der Waals surface area contributed by atoms with Crippen LogP contribution in [0.2, 0.25) is 0 Å². The summed E-state index contributed by atoms with van der Waals surface area (Å²) in [5.41, 5.74) is 1.68. The molecule has 8 heteroatoms. The Morgan fingerprint density at radius 1 is 1.04 bits per heavy atom.